The Balaban J connectivity index is 2.98. The molecule has 1 aromatic rings. The minimum absolute atomic E-state index is 0.0833. The molecular formula is C4H3ClN2O2. The number of nitrogens with one attached hydrogen (secondary N) is 1. The molecule has 0 aliphatic rings. The van der Waals surface area contributed by atoms with Gasteiger partial charge in [0.05, 0.1) is 11.1 Å². The molecule has 0 aliphatic heterocycles. The van der Waals surface area contributed by atoms with E-state index in [0.29, 0.717) is 5.02 Å². The second-order valence-electron chi connectivity index (χ2n) is 1.46. The number of H-pyrrole nitrogens is 1. The van der Waals surface area contributed by atoms with E-state index in [0.717, 1.165) is 0 Å². The molecule has 0 amide bonds. The maximum absolute atomic E-state index is 9.93. The van der Waals surface area contributed by atoms with Crippen molar-refractivity contribution in [1.29, 1.82) is 0 Å². The Hall–Kier alpha value is -1.03. The predicted molar refractivity (Wildman–Crippen MR) is 32.5 cm³/mol. The van der Waals surface area contributed by atoms with Crippen LogP contribution in [-0.2, 0) is 0 Å². The van der Waals surface area contributed by atoms with E-state index >= 15 is 0 Å². The zero-order chi connectivity index (χ0) is 6.85. The molecule has 0 bridgehead atoms. The normalized spacial score (nSPS) is 9.44. The lowest BCUT2D eigenvalue weighted by atomic mass is 10.6. The smallest absolute Gasteiger partial charge is 0.322 e. The summed E-state index contributed by atoms with van der Waals surface area (Å²) in [6, 6.07) is 1.25. The van der Waals surface area contributed by atoms with E-state index in [1.807, 2.05) is 0 Å². The summed E-state index contributed by atoms with van der Waals surface area (Å²) in [6.45, 7) is 0. The van der Waals surface area contributed by atoms with Crippen LogP contribution in [0.2, 0.25) is 5.02 Å². The van der Waals surface area contributed by atoms with Crippen LogP contribution in [0.3, 0.4) is 0 Å². The summed E-state index contributed by atoms with van der Waals surface area (Å²) >= 11 is 5.37. The number of aromatic nitrogens is 1. The van der Waals surface area contributed by atoms with E-state index in [9.17, 15) is 10.1 Å². The van der Waals surface area contributed by atoms with Gasteiger partial charge in [0.2, 0.25) is 0 Å². The van der Waals surface area contributed by atoms with Crippen LogP contribution in [0.15, 0.2) is 12.3 Å². The van der Waals surface area contributed by atoms with Gasteiger partial charge in [-0.1, -0.05) is 11.6 Å². The SMILES string of the molecule is O=[N+]([O-])c1cc(Cl)c[nH]1. The highest BCUT2D eigenvalue weighted by molar-refractivity contribution is 6.30. The molecule has 9 heavy (non-hydrogen) atoms. The number of halogens is 1. The van der Waals surface area contributed by atoms with Crippen LogP contribution in [0, 0.1) is 10.1 Å². The third-order valence-corrected chi connectivity index (χ3v) is 1.05. The Labute approximate surface area is 55.6 Å². The van der Waals surface area contributed by atoms with Gasteiger partial charge in [-0.2, -0.15) is 0 Å². The molecule has 0 aromatic carbocycles. The average molecular weight is 147 g/mol. The minimum Gasteiger partial charge on any atom is -0.358 e. The topological polar surface area (TPSA) is 58.9 Å². The highest BCUT2D eigenvalue weighted by Crippen LogP contribution is 2.14. The average Bonchev–Trinajstić information content (AvgIpc) is 2.14. The van der Waals surface area contributed by atoms with E-state index in [1.165, 1.54) is 12.3 Å². The molecule has 0 aliphatic carbocycles. The molecule has 0 radical (unpaired) electrons. The van der Waals surface area contributed by atoms with Crippen molar-refractivity contribution in [3.8, 4) is 0 Å². The lowest BCUT2D eigenvalue weighted by Crippen LogP contribution is -1.85. The fourth-order valence-corrected chi connectivity index (χ4v) is 0.620. The number of aromatic amines is 1. The number of nitrogens with zero attached hydrogens (tertiary/aromatic N) is 1. The van der Waals surface area contributed by atoms with Gasteiger partial charge in [0, 0.05) is 0 Å². The summed E-state index contributed by atoms with van der Waals surface area (Å²) in [6.07, 6.45) is 1.36. The third kappa shape index (κ3) is 1.20. The van der Waals surface area contributed by atoms with Crippen molar-refractivity contribution in [2.45, 2.75) is 0 Å². The number of nitro groups is 1. The fraction of sp³-hybridized carbons (Fsp3) is 0. The predicted octanol–water partition coefficient (Wildman–Crippen LogP) is 1.58. The van der Waals surface area contributed by atoms with Gasteiger partial charge in [-0.3, -0.25) is 0 Å². The van der Waals surface area contributed by atoms with Gasteiger partial charge < -0.3 is 10.1 Å². The van der Waals surface area contributed by atoms with Crippen molar-refractivity contribution in [1.82, 2.24) is 4.98 Å². The molecule has 0 fully saturated rings. The van der Waals surface area contributed by atoms with Gasteiger partial charge in [0.25, 0.3) is 0 Å². The first kappa shape index (κ1) is 6.10. The molecule has 0 saturated carbocycles. The van der Waals surface area contributed by atoms with E-state index in [2.05, 4.69) is 4.98 Å². The van der Waals surface area contributed by atoms with E-state index in [-0.39, 0.29) is 5.82 Å². The first-order chi connectivity index (χ1) is 4.20. The molecule has 0 saturated heterocycles. The second kappa shape index (κ2) is 2.06. The van der Waals surface area contributed by atoms with Crippen LogP contribution in [-0.4, -0.2) is 9.91 Å². The molecule has 1 heterocycles. The molecule has 1 rings (SSSR count). The summed E-state index contributed by atoms with van der Waals surface area (Å²) in [5.74, 6) is -0.0833. The summed E-state index contributed by atoms with van der Waals surface area (Å²) in [5.41, 5.74) is 0. The van der Waals surface area contributed by atoms with Crippen LogP contribution >= 0.6 is 11.6 Å². The summed E-state index contributed by atoms with van der Waals surface area (Å²) in [4.78, 5) is 11.8. The van der Waals surface area contributed by atoms with Gasteiger partial charge in [0.1, 0.15) is 6.20 Å². The number of hydrogen-bond donors (Lipinski definition) is 1. The van der Waals surface area contributed by atoms with Crippen molar-refractivity contribution < 1.29 is 4.92 Å². The van der Waals surface area contributed by atoms with Crippen LogP contribution in [0.25, 0.3) is 0 Å². The quantitative estimate of drug-likeness (QED) is 0.483. The van der Waals surface area contributed by atoms with E-state index in [1.54, 1.807) is 0 Å². The van der Waals surface area contributed by atoms with Crippen LogP contribution in [0.5, 0.6) is 0 Å². The van der Waals surface area contributed by atoms with Crippen LogP contribution < -0.4 is 0 Å². The van der Waals surface area contributed by atoms with Crippen LogP contribution in [0.4, 0.5) is 5.82 Å². The molecule has 0 spiro atoms. The highest BCUT2D eigenvalue weighted by Gasteiger charge is 2.03. The van der Waals surface area contributed by atoms with Gasteiger partial charge in [0.15, 0.2) is 0 Å². The Bertz CT molecular complexity index is 232. The standard InChI is InChI=1S/C4H3ClN2O2/c5-3-1-4(6-2-3)7(8)9/h1-2,6H. The minimum atomic E-state index is -0.536. The fourth-order valence-electron chi connectivity index (χ4n) is 0.462. The second-order valence-corrected chi connectivity index (χ2v) is 1.90. The van der Waals surface area contributed by atoms with Crippen molar-refractivity contribution in [3.05, 3.63) is 27.4 Å². The van der Waals surface area contributed by atoms with Gasteiger partial charge >= 0.3 is 5.82 Å². The Kier molecular flexibility index (Phi) is 1.40. The van der Waals surface area contributed by atoms with Crippen molar-refractivity contribution in [2.75, 3.05) is 0 Å². The lowest BCUT2D eigenvalue weighted by molar-refractivity contribution is -0.389. The molecule has 1 N–H and O–H groups in total. The molecule has 0 unspecified atom stereocenters. The number of hydrogen-bond acceptors (Lipinski definition) is 2. The molecule has 5 heteroatoms. The number of rotatable bonds is 1. The van der Waals surface area contributed by atoms with Crippen molar-refractivity contribution in [3.63, 3.8) is 0 Å². The monoisotopic (exact) mass is 146 g/mol. The highest BCUT2D eigenvalue weighted by atomic mass is 35.5. The van der Waals surface area contributed by atoms with E-state index in [4.69, 9.17) is 11.6 Å². The molecule has 0 atom stereocenters. The van der Waals surface area contributed by atoms with Gasteiger partial charge in [-0.25, -0.2) is 4.98 Å². The maximum Gasteiger partial charge on any atom is 0.322 e. The van der Waals surface area contributed by atoms with Crippen molar-refractivity contribution >= 4 is 17.4 Å². The first-order valence-corrected chi connectivity index (χ1v) is 2.56. The Morgan fingerprint density at radius 1 is 1.78 bits per heavy atom. The third-order valence-electron chi connectivity index (χ3n) is 0.829. The first-order valence-electron chi connectivity index (χ1n) is 2.18. The van der Waals surface area contributed by atoms with Gasteiger partial charge in [-0.05, 0) is 4.92 Å². The lowest BCUT2D eigenvalue weighted by Gasteiger charge is -1.84. The molecule has 1 aromatic heterocycles. The zero-order valence-corrected chi connectivity index (χ0v) is 5.05. The zero-order valence-electron chi connectivity index (χ0n) is 4.30. The Morgan fingerprint density at radius 3 is 2.67 bits per heavy atom. The summed E-state index contributed by atoms with van der Waals surface area (Å²) in [5, 5.41) is 10.3. The molecule has 48 valence electrons. The maximum atomic E-state index is 9.93. The molecular weight excluding hydrogens is 144 g/mol. The van der Waals surface area contributed by atoms with Gasteiger partial charge in [-0.15, -0.1) is 0 Å². The largest absolute Gasteiger partial charge is 0.358 e. The summed E-state index contributed by atoms with van der Waals surface area (Å²) in [7, 11) is 0. The Morgan fingerprint density at radius 2 is 2.44 bits per heavy atom. The summed E-state index contributed by atoms with van der Waals surface area (Å²) < 4.78 is 0. The van der Waals surface area contributed by atoms with E-state index < -0.39 is 4.92 Å². The van der Waals surface area contributed by atoms with Crippen LogP contribution in [0.1, 0.15) is 0 Å². The molecule has 4 nitrogen and oxygen atoms in total. The van der Waals surface area contributed by atoms with Crippen molar-refractivity contribution in [2.24, 2.45) is 0 Å².